The zero-order valence-corrected chi connectivity index (χ0v) is 14.5. The second-order valence-electron chi connectivity index (χ2n) is 6.40. The third-order valence-electron chi connectivity index (χ3n) is 4.66. The maximum atomic E-state index is 12.4. The Morgan fingerprint density at radius 1 is 1.04 bits per heavy atom. The van der Waals surface area contributed by atoms with Crippen LogP contribution >= 0.6 is 0 Å². The van der Waals surface area contributed by atoms with Crippen LogP contribution in [-0.4, -0.2) is 33.7 Å². The van der Waals surface area contributed by atoms with Crippen LogP contribution in [0.5, 0.6) is 0 Å². The van der Waals surface area contributed by atoms with E-state index < -0.39 is 0 Å². The molecule has 1 amide bonds. The molecule has 1 aromatic heterocycles. The van der Waals surface area contributed by atoms with Crippen molar-refractivity contribution < 1.29 is 4.79 Å². The lowest BCUT2D eigenvalue weighted by molar-refractivity contribution is -0.125. The van der Waals surface area contributed by atoms with Crippen LogP contribution in [-0.2, 0) is 4.79 Å². The van der Waals surface area contributed by atoms with Crippen LogP contribution in [0.1, 0.15) is 42.6 Å². The van der Waals surface area contributed by atoms with Gasteiger partial charge in [0.25, 0.3) is 0 Å². The predicted octanol–water partition coefficient (Wildman–Crippen LogP) is 3.90. The van der Waals surface area contributed by atoms with Gasteiger partial charge in [0.1, 0.15) is 0 Å². The average molecular weight is 323 g/mol. The van der Waals surface area contributed by atoms with Gasteiger partial charge in [0, 0.05) is 30.4 Å². The number of aromatic nitrogens is 2. The van der Waals surface area contributed by atoms with E-state index in [-0.39, 0.29) is 5.91 Å². The summed E-state index contributed by atoms with van der Waals surface area (Å²) in [4.78, 5) is 14.4. The smallest absolute Gasteiger partial charge is 0.246 e. The summed E-state index contributed by atoms with van der Waals surface area (Å²) < 4.78 is 1.94. The predicted molar refractivity (Wildman–Crippen MR) is 97.1 cm³/mol. The number of amides is 1. The molecule has 4 nitrogen and oxygen atoms in total. The number of hydrogen-bond acceptors (Lipinski definition) is 2. The molecule has 2 heterocycles. The lowest BCUT2D eigenvalue weighted by atomic mass is 10.1. The molecule has 0 radical (unpaired) electrons. The molecule has 0 N–H and O–H groups in total. The third-order valence-corrected chi connectivity index (χ3v) is 4.66. The highest BCUT2D eigenvalue weighted by Crippen LogP contribution is 2.19. The highest BCUT2D eigenvalue weighted by atomic mass is 16.2. The standard InChI is InChI=1S/C20H25N3O/c1-16-19(12-13-20(24)22-14-8-3-4-9-15-22)17(2)23(21-16)18-10-6-5-7-11-18/h5-7,10-13H,3-4,8-9,14-15H2,1-2H3/b13-12+. The van der Waals surface area contributed by atoms with Crippen LogP contribution in [0.4, 0.5) is 0 Å². The van der Waals surface area contributed by atoms with Crippen molar-refractivity contribution in [3.05, 3.63) is 53.4 Å². The number of carbonyl (C=O) groups excluding carboxylic acids is 1. The van der Waals surface area contributed by atoms with Crippen molar-refractivity contribution in [2.75, 3.05) is 13.1 Å². The highest BCUT2D eigenvalue weighted by molar-refractivity contribution is 5.92. The first kappa shape index (κ1) is 16.5. The van der Waals surface area contributed by atoms with E-state index in [2.05, 4.69) is 5.10 Å². The summed E-state index contributed by atoms with van der Waals surface area (Å²) in [6.07, 6.45) is 8.32. The minimum atomic E-state index is 0.114. The highest BCUT2D eigenvalue weighted by Gasteiger charge is 2.14. The van der Waals surface area contributed by atoms with Crippen LogP contribution in [0, 0.1) is 13.8 Å². The van der Waals surface area contributed by atoms with Gasteiger partial charge in [-0.25, -0.2) is 4.68 Å². The molecule has 0 spiro atoms. The minimum absolute atomic E-state index is 0.114. The second kappa shape index (κ2) is 7.47. The number of carbonyl (C=O) groups is 1. The fraction of sp³-hybridized carbons (Fsp3) is 0.400. The summed E-state index contributed by atoms with van der Waals surface area (Å²) in [6, 6.07) is 10.1. The Morgan fingerprint density at radius 2 is 1.71 bits per heavy atom. The molecule has 0 atom stereocenters. The fourth-order valence-corrected chi connectivity index (χ4v) is 3.27. The maximum Gasteiger partial charge on any atom is 0.246 e. The molecule has 0 unspecified atom stereocenters. The Bertz CT molecular complexity index is 723. The van der Waals surface area contributed by atoms with Crippen LogP contribution in [0.25, 0.3) is 11.8 Å². The Labute approximate surface area is 143 Å². The van der Waals surface area contributed by atoms with Crippen LogP contribution < -0.4 is 0 Å². The largest absolute Gasteiger partial charge is 0.339 e. The number of hydrogen-bond donors (Lipinski definition) is 0. The van der Waals surface area contributed by atoms with Gasteiger partial charge in [-0.2, -0.15) is 5.10 Å². The average Bonchev–Trinajstić information content (AvgIpc) is 2.79. The molecule has 3 rings (SSSR count). The molecule has 4 heteroatoms. The molecule has 0 aliphatic carbocycles. The van der Waals surface area contributed by atoms with E-state index in [1.54, 1.807) is 6.08 Å². The van der Waals surface area contributed by atoms with Crippen molar-refractivity contribution in [2.24, 2.45) is 0 Å². The molecule has 1 aromatic carbocycles. The number of rotatable bonds is 3. The Morgan fingerprint density at radius 3 is 2.38 bits per heavy atom. The van der Waals surface area contributed by atoms with Gasteiger partial charge in [-0.05, 0) is 44.9 Å². The van der Waals surface area contributed by atoms with Gasteiger partial charge in [-0.1, -0.05) is 31.0 Å². The van der Waals surface area contributed by atoms with E-state index in [1.165, 1.54) is 12.8 Å². The number of likely N-dealkylation sites (tertiary alicyclic amines) is 1. The van der Waals surface area contributed by atoms with E-state index in [9.17, 15) is 4.79 Å². The SMILES string of the molecule is Cc1nn(-c2ccccc2)c(C)c1/C=C/C(=O)N1CCCCCC1. The summed E-state index contributed by atoms with van der Waals surface area (Å²) in [5.41, 5.74) is 4.06. The van der Waals surface area contributed by atoms with Crippen LogP contribution in [0.3, 0.4) is 0 Å². The lowest BCUT2D eigenvalue weighted by Gasteiger charge is -2.17. The van der Waals surface area contributed by atoms with E-state index >= 15 is 0 Å². The van der Waals surface area contributed by atoms with Crippen molar-refractivity contribution in [1.82, 2.24) is 14.7 Å². The number of benzene rings is 1. The van der Waals surface area contributed by atoms with E-state index in [4.69, 9.17) is 0 Å². The first-order valence-corrected chi connectivity index (χ1v) is 8.75. The van der Waals surface area contributed by atoms with Gasteiger partial charge in [0.05, 0.1) is 11.4 Å². The normalized spacial score (nSPS) is 15.7. The van der Waals surface area contributed by atoms with E-state index in [0.717, 1.165) is 48.6 Å². The van der Waals surface area contributed by atoms with Crippen molar-refractivity contribution >= 4 is 12.0 Å². The van der Waals surface area contributed by atoms with Crippen molar-refractivity contribution in [3.8, 4) is 5.69 Å². The van der Waals surface area contributed by atoms with E-state index in [0.29, 0.717) is 0 Å². The van der Waals surface area contributed by atoms with Gasteiger partial charge >= 0.3 is 0 Å². The minimum Gasteiger partial charge on any atom is -0.339 e. The topological polar surface area (TPSA) is 38.1 Å². The second-order valence-corrected chi connectivity index (χ2v) is 6.40. The van der Waals surface area contributed by atoms with Gasteiger partial charge < -0.3 is 4.90 Å². The number of aryl methyl sites for hydroxylation is 1. The first-order chi connectivity index (χ1) is 11.7. The molecule has 1 aliphatic rings. The molecule has 126 valence electrons. The van der Waals surface area contributed by atoms with Crippen LogP contribution in [0.2, 0.25) is 0 Å². The molecular formula is C20H25N3O. The van der Waals surface area contributed by atoms with E-state index in [1.807, 2.05) is 59.8 Å². The third kappa shape index (κ3) is 3.58. The fourth-order valence-electron chi connectivity index (χ4n) is 3.27. The number of nitrogens with zero attached hydrogens (tertiary/aromatic N) is 3. The number of para-hydroxylation sites is 1. The Kier molecular flexibility index (Phi) is 5.14. The lowest BCUT2D eigenvalue weighted by Crippen LogP contribution is -2.30. The maximum absolute atomic E-state index is 12.4. The quantitative estimate of drug-likeness (QED) is 0.803. The van der Waals surface area contributed by atoms with Crippen molar-refractivity contribution in [2.45, 2.75) is 39.5 Å². The monoisotopic (exact) mass is 323 g/mol. The molecule has 1 aliphatic heterocycles. The molecule has 2 aromatic rings. The molecule has 1 fully saturated rings. The van der Waals surface area contributed by atoms with Crippen LogP contribution in [0.15, 0.2) is 36.4 Å². The summed E-state index contributed by atoms with van der Waals surface area (Å²) in [5.74, 6) is 0.114. The first-order valence-electron chi connectivity index (χ1n) is 8.75. The molecule has 24 heavy (non-hydrogen) atoms. The van der Waals surface area contributed by atoms with Gasteiger partial charge in [0.15, 0.2) is 0 Å². The van der Waals surface area contributed by atoms with Crippen molar-refractivity contribution in [3.63, 3.8) is 0 Å². The molecule has 1 saturated heterocycles. The Hall–Kier alpha value is -2.36. The summed E-state index contributed by atoms with van der Waals surface area (Å²) in [6.45, 7) is 5.79. The molecular weight excluding hydrogens is 298 g/mol. The van der Waals surface area contributed by atoms with Gasteiger partial charge in [0.2, 0.25) is 5.91 Å². The molecule has 0 saturated carbocycles. The molecule has 0 bridgehead atoms. The summed E-state index contributed by atoms with van der Waals surface area (Å²) >= 11 is 0. The summed E-state index contributed by atoms with van der Waals surface area (Å²) in [5, 5.41) is 4.63. The Balaban J connectivity index is 1.80. The zero-order valence-electron chi connectivity index (χ0n) is 14.5. The summed E-state index contributed by atoms with van der Waals surface area (Å²) in [7, 11) is 0. The van der Waals surface area contributed by atoms with Crippen molar-refractivity contribution in [1.29, 1.82) is 0 Å². The van der Waals surface area contributed by atoms with Gasteiger partial charge in [-0.15, -0.1) is 0 Å². The zero-order chi connectivity index (χ0) is 16.9. The van der Waals surface area contributed by atoms with Gasteiger partial charge in [-0.3, -0.25) is 4.79 Å².